The van der Waals surface area contributed by atoms with Gasteiger partial charge in [-0.2, -0.15) is 4.98 Å². The standard InChI is InChI=1S/C11H18N4O2/c1-3-13-9(16)6-7-14-11-8(12)4-5-10(15-11)17-2/h4-5H,3,6-7,12H2,1-2H3,(H,13,16)(H,14,15). The topological polar surface area (TPSA) is 89.3 Å². The van der Waals surface area contributed by atoms with E-state index in [-0.39, 0.29) is 5.91 Å². The number of nitrogens with one attached hydrogen (secondary N) is 2. The lowest BCUT2D eigenvalue weighted by Crippen LogP contribution is -2.25. The molecule has 0 aliphatic carbocycles. The lowest BCUT2D eigenvalue weighted by molar-refractivity contribution is -0.120. The summed E-state index contributed by atoms with van der Waals surface area (Å²) in [5, 5.41) is 5.71. The molecule has 0 fully saturated rings. The summed E-state index contributed by atoms with van der Waals surface area (Å²) in [6.45, 7) is 3.00. The Hall–Kier alpha value is -1.98. The highest BCUT2D eigenvalue weighted by atomic mass is 16.5. The van der Waals surface area contributed by atoms with E-state index in [0.717, 1.165) is 0 Å². The van der Waals surface area contributed by atoms with Crippen molar-refractivity contribution in [3.63, 3.8) is 0 Å². The van der Waals surface area contributed by atoms with Crippen molar-refractivity contribution < 1.29 is 9.53 Å². The highest BCUT2D eigenvalue weighted by molar-refractivity contribution is 5.76. The van der Waals surface area contributed by atoms with E-state index in [9.17, 15) is 4.79 Å². The number of aromatic nitrogens is 1. The molecule has 0 spiro atoms. The maximum atomic E-state index is 11.2. The van der Waals surface area contributed by atoms with Gasteiger partial charge in [-0.25, -0.2) is 0 Å². The quantitative estimate of drug-likeness (QED) is 0.675. The van der Waals surface area contributed by atoms with E-state index in [1.807, 2.05) is 6.92 Å². The molecule has 0 unspecified atom stereocenters. The minimum absolute atomic E-state index is 0.00136. The Kier molecular flexibility index (Phi) is 5.06. The van der Waals surface area contributed by atoms with E-state index in [4.69, 9.17) is 10.5 Å². The third kappa shape index (κ3) is 4.18. The maximum absolute atomic E-state index is 11.2. The predicted octanol–water partition coefficient (Wildman–Crippen LogP) is 0.610. The number of nitrogens with two attached hydrogens (primary N) is 1. The number of carbonyl (C=O) groups is 1. The molecule has 0 atom stereocenters. The number of amides is 1. The van der Waals surface area contributed by atoms with Crippen molar-refractivity contribution in [1.29, 1.82) is 0 Å². The Balaban J connectivity index is 2.48. The van der Waals surface area contributed by atoms with Crippen molar-refractivity contribution in [2.45, 2.75) is 13.3 Å². The molecule has 0 saturated carbocycles. The second kappa shape index (κ2) is 6.57. The van der Waals surface area contributed by atoms with Crippen LogP contribution in [-0.4, -0.2) is 31.1 Å². The lowest BCUT2D eigenvalue weighted by Gasteiger charge is -2.09. The van der Waals surface area contributed by atoms with Crippen LogP contribution in [0.1, 0.15) is 13.3 Å². The van der Waals surface area contributed by atoms with E-state index in [0.29, 0.717) is 36.9 Å². The number of hydrogen-bond acceptors (Lipinski definition) is 5. The molecule has 6 heteroatoms. The fourth-order valence-corrected chi connectivity index (χ4v) is 1.29. The molecule has 4 N–H and O–H groups in total. The molecule has 1 aromatic heterocycles. The first kappa shape index (κ1) is 13.1. The number of nitrogens with zero attached hydrogens (tertiary/aromatic N) is 1. The number of ether oxygens (including phenoxy) is 1. The number of nitrogen functional groups attached to an aromatic ring is 1. The molecule has 0 aliphatic rings. The zero-order chi connectivity index (χ0) is 12.7. The van der Waals surface area contributed by atoms with Crippen molar-refractivity contribution in [2.24, 2.45) is 0 Å². The zero-order valence-corrected chi connectivity index (χ0v) is 10.1. The molecular formula is C11H18N4O2. The van der Waals surface area contributed by atoms with Crippen LogP contribution in [-0.2, 0) is 4.79 Å². The Morgan fingerprint density at radius 3 is 2.94 bits per heavy atom. The fourth-order valence-electron chi connectivity index (χ4n) is 1.29. The number of hydrogen-bond donors (Lipinski definition) is 3. The normalized spacial score (nSPS) is 9.76. The maximum Gasteiger partial charge on any atom is 0.221 e. The fraction of sp³-hybridized carbons (Fsp3) is 0.455. The van der Waals surface area contributed by atoms with Crippen molar-refractivity contribution in [3.05, 3.63) is 12.1 Å². The summed E-state index contributed by atoms with van der Waals surface area (Å²) >= 11 is 0. The molecule has 0 aromatic carbocycles. The summed E-state index contributed by atoms with van der Waals surface area (Å²) in [5.74, 6) is 1.02. The van der Waals surface area contributed by atoms with Crippen LogP contribution >= 0.6 is 0 Å². The van der Waals surface area contributed by atoms with E-state index in [1.54, 1.807) is 12.1 Å². The molecule has 0 radical (unpaired) electrons. The van der Waals surface area contributed by atoms with Gasteiger partial charge in [0, 0.05) is 25.6 Å². The average Bonchev–Trinajstić information content (AvgIpc) is 2.32. The van der Waals surface area contributed by atoms with Crippen LogP contribution in [0.15, 0.2) is 12.1 Å². The Morgan fingerprint density at radius 2 is 2.29 bits per heavy atom. The van der Waals surface area contributed by atoms with Gasteiger partial charge >= 0.3 is 0 Å². The smallest absolute Gasteiger partial charge is 0.221 e. The van der Waals surface area contributed by atoms with Crippen LogP contribution in [0.4, 0.5) is 11.5 Å². The summed E-state index contributed by atoms with van der Waals surface area (Å²) in [7, 11) is 1.54. The second-order valence-electron chi connectivity index (χ2n) is 3.42. The predicted molar refractivity (Wildman–Crippen MR) is 67.0 cm³/mol. The van der Waals surface area contributed by atoms with E-state index < -0.39 is 0 Å². The molecule has 17 heavy (non-hydrogen) atoms. The molecule has 1 rings (SSSR count). The van der Waals surface area contributed by atoms with Crippen LogP contribution in [0.3, 0.4) is 0 Å². The third-order valence-electron chi connectivity index (χ3n) is 2.13. The van der Waals surface area contributed by atoms with Crippen molar-refractivity contribution >= 4 is 17.4 Å². The summed E-state index contributed by atoms with van der Waals surface area (Å²) < 4.78 is 4.99. The van der Waals surface area contributed by atoms with Gasteiger partial charge in [0.05, 0.1) is 12.8 Å². The van der Waals surface area contributed by atoms with Crippen LogP contribution in [0, 0.1) is 0 Å². The molecule has 1 heterocycles. The van der Waals surface area contributed by atoms with Crippen LogP contribution in [0.2, 0.25) is 0 Å². The number of anilines is 2. The molecule has 0 aliphatic heterocycles. The van der Waals surface area contributed by atoms with Gasteiger partial charge in [0.2, 0.25) is 11.8 Å². The third-order valence-corrected chi connectivity index (χ3v) is 2.13. The molecule has 6 nitrogen and oxygen atoms in total. The molecule has 1 amide bonds. The lowest BCUT2D eigenvalue weighted by atomic mass is 10.3. The first-order chi connectivity index (χ1) is 8.17. The van der Waals surface area contributed by atoms with Crippen molar-refractivity contribution in [2.75, 3.05) is 31.2 Å². The van der Waals surface area contributed by atoms with Gasteiger partial charge in [0.15, 0.2) is 5.82 Å². The highest BCUT2D eigenvalue weighted by Gasteiger charge is 2.04. The zero-order valence-electron chi connectivity index (χ0n) is 10.1. The molecule has 1 aromatic rings. The minimum atomic E-state index is 0.00136. The van der Waals surface area contributed by atoms with Crippen LogP contribution in [0.5, 0.6) is 5.88 Å². The monoisotopic (exact) mass is 238 g/mol. The first-order valence-electron chi connectivity index (χ1n) is 5.48. The molecule has 94 valence electrons. The van der Waals surface area contributed by atoms with Crippen molar-refractivity contribution in [3.8, 4) is 5.88 Å². The van der Waals surface area contributed by atoms with E-state index >= 15 is 0 Å². The van der Waals surface area contributed by atoms with Gasteiger partial charge in [-0.05, 0) is 13.0 Å². The first-order valence-corrected chi connectivity index (χ1v) is 5.48. The van der Waals surface area contributed by atoms with Crippen LogP contribution in [0.25, 0.3) is 0 Å². The number of pyridine rings is 1. The van der Waals surface area contributed by atoms with Gasteiger partial charge in [0.25, 0.3) is 0 Å². The average molecular weight is 238 g/mol. The highest BCUT2D eigenvalue weighted by Crippen LogP contribution is 2.19. The number of methoxy groups -OCH3 is 1. The van der Waals surface area contributed by atoms with Gasteiger partial charge in [0.1, 0.15) is 0 Å². The Morgan fingerprint density at radius 1 is 1.53 bits per heavy atom. The SMILES string of the molecule is CCNC(=O)CCNc1nc(OC)ccc1N. The Bertz CT molecular complexity index is 382. The van der Waals surface area contributed by atoms with Gasteiger partial charge in [-0.15, -0.1) is 0 Å². The molecular weight excluding hydrogens is 220 g/mol. The van der Waals surface area contributed by atoms with E-state index in [1.165, 1.54) is 7.11 Å². The summed E-state index contributed by atoms with van der Waals surface area (Å²) in [4.78, 5) is 15.4. The van der Waals surface area contributed by atoms with Gasteiger partial charge in [-0.1, -0.05) is 0 Å². The van der Waals surface area contributed by atoms with Gasteiger partial charge in [-0.3, -0.25) is 4.79 Å². The van der Waals surface area contributed by atoms with E-state index in [2.05, 4.69) is 15.6 Å². The van der Waals surface area contributed by atoms with Gasteiger partial charge < -0.3 is 21.1 Å². The largest absolute Gasteiger partial charge is 0.481 e. The molecule has 0 bridgehead atoms. The van der Waals surface area contributed by atoms with Crippen LogP contribution < -0.4 is 21.1 Å². The summed E-state index contributed by atoms with van der Waals surface area (Å²) in [6.07, 6.45) is 0.381. The minimum Gasteiger partial charge on any atom is -0.481 e. The summed E-state index contributed by atoms with van der Waals surface area (Å²) in [6, 6.07) is 3.39. The Labute approximate surface area is 101 Å². The number of carbonyl (C=O) groups excluding carboxylic acids is 1. The number of rotatable bonds is 6. The second-order valence-corrected chi connectivity index (χ2v) is 3.42. The molecule has 0 saturated heterocycles. The van der Waals surface area contributed by atoms with Crippen molar-refractivity contribution in [1.82, 2.24) is 10.3 Å². The summed E-state index contributed by atoms with van der Waals surface area (Å²) in [5.41, 5.74) is 6.27.